The van der Waals surface area contributed by atoms with Gasteiger partial charge < -0.3 is 20.5 Å². The molecule has 1 amide bonds. The van der Waals surface area contributed by atoms with Crippen LogP contribution < -0.4 is 10.6 Å². The van der Waals surface area contributed by atoms with Crippen LogP contribution in [0.1, 0.15) is 35.3 Å². The van der Waals surface area contributed by atoms with Crippen molar-refractivity contribution in [2.45, 2.75) is 26.7 Å². The Bertz CT molecular complexity index is 1370. The third-order valence-electron chi connectivity index (χ3n) is 7.11. The second-order valence-corrected chi connectivity index (χ2v) is 9.18. The highest BCUT2D eigenvalue weighted by atomic mass is 16.1. The van der Waals surface area contributed by atoms with E-state index < -0.39 is 0 Å². The van der Waals surface area contributed by atoms with E-state index in [0.29, 0.717) is 5.56 Å². The number of benzene rings is 2. The molecule has 0 radical (unpaired) electrons. The summed E-state index contributed by atoms with van der Waals surface area (Å²) in [5.74, 6) is -0.385. The van der Waals surface area contributed by atoms with Crippen LogP contribution in [0.2, 0.25) is 0 Å². The van der Waals surface area contributed by atoms with E-state index in [1.165, 1.54) is 5.69 Å². The molecule has 180 valence electrons. The number of amides is 1. The summed E-state index contributed by atoms with van der Waals surface area (Å²) in [7, 11) is 2.17. The summed E-state index contributed by atoms with van der Waals surface area (Å²) in [4.78, 5) is 29.7. The minimum absolute atomic E-state index is 0.385. The predicted octanol–water partition coefficient (Wildman–Crippen LogP) is 4.27. The molecule has 3 heterocycles. The molecule has 1 aliphatic rings. The van der Waals surface area contributed by atoms with Crippen molar-refractivity contribution in [2.24, 2.45) is 5.73 Å². The lowest BCUT2D eigenvalue weighted by molar-refractivity contribution is 0.0999. The number of fused-ring (bicyclic) bond motifs is 1. The second kappa shape index (κ2) is 9.50. The van der Waals surface area contributed by atoms with Gasteiger partial charge in [-0.05, 0) is 54.8 Å². The molecule has 2 aromatic carbocycles. The number of hydrogen-bond donors (Lipinski definition) is 2. The maximum absolute atomic E-state index is 12.0. The molecule has 4 aromatic rings. The fraction of sp³-hybridized carbons (Fsp3) is 0.321. The van der Waals surface area contributed by atoms with Crippen molar-refractivity contribution in [3.63, 3.8) is 0 Å². The predicted molar refractivity (Wildman–Crippen MR) is 142 cm³/mol. The zero-order chi connectivity index (χ0) is 24.5. The maximum Gasteiger partial charge on any atom is 0.248 e. The van der Waals surface area contributed by atoms with Gasteiger partial charge in [0.15, 0.2) is 5.65 Å². The molecule has 0 aliphatic carbocycles. The molecule has 35 heavy (non-hydrogen) atoms. The molecule has 3 N–H and O–H groups in total. The van der Waals surface area contributed by atoms with Gasteiger partial charge in [0.05, 0.1) is 11.9 Å². The number of aromatic nitrogens is 3. The van der Waals surface area contributed by atoms with E-state index in [9.17, 15) is 4.79 Å². The van der Waals surface area contributed by atoms with Crippen molar-refractivity contribution in [3.8, 4) is 22.4 Å². The number of rotatable bonds is 6. The first kappa shape index (κ1) is 23.1. The Morgan fingerprint density at radius 1 is 0.971 bits per heavy atom. The normalized spacial score (nSPS) is 14.5. The number of carbonyl (C=O) groups excluding carboxylic acids is 1. The number of likely N-dealkylation sites (N-methyl/N-ethyl adjacent to an activating group) is 1. The highest BCUT2D eigenvalue weighted by Gasteiger charge is 2.19. The number of nitrogens with one attached hydrogen (secondary N) is 1. The van der Waals surface area contributed by atoms with Crippen molar-refractivity contribution >= 4 is 22.8 Å². The lowest BCUT2D eigenvalue weighted by Gasteiger charge is -2.34. The molecular weight excluding hydrogens is 436 g/mol. The lowest BCUT2D eigenvalue weighted by Crippen LogP contribution is -2.44. The summed E-state index contributed by atoms with van der Waals surface area (Å²) in [6, 6.07) is 12.4. The van der Waals surface area contributed by atoms with Gasteiger partial charge in [-0.3, -0.25) is 4.79 Å². The van der Waals surface area contributed by atoms with Gasteiger partial charge in [0.25, 0.3) is 0 Å². The summed E-state index contributed by atoms with van der Waals surface area (Å²) < 4.78 is 0. The highest BCUT2D eigenvalue weighted by molar-refractivity contribution is 5.98. The standard InChI is InChI=1S/C28H32N6O/c1-4-20-21(5-2)23(27(29)35)11-10-22(20)24-16-30-28-26(24)32-25(17-31-28)18-6-8-19(9-7-18)34-14-12-33(3)13-15-34/h6-11,16-17H,4-5,12-15H2,1-3H3,(H2,29,35)(H,30,31). The average Bonchev–Trinajstić information content (AvgIpc) is 3.31. The minimum atomic E-state index is -0.385. The first-order valence-electron chi connectivity index (χ1n) is 12.3. The van der Waals surface area contributed by atoms with Crippen LogP contribution in [0.4, 0.5) is 5.69 Å². The molecule has 1 fully saturated rings. The van der Waals surface area contributed by atoms with Gasteiger partial charge in [-0.15, -0.1) is 0 Å². The number of anilines is 1. The van der Waals surface area contributed by atoms with Gasteiger partial charge in [0.1, 0.15) is 5.52 Å². The van der Waals surface area contributed by atoms with Crippen LogP contribution in [0, 0.1) is 0 Å². The number of nitrogens with zero attached hydrogens (tertiary/aromatic N) is 4. The first-order chi connectivity index (χ1) is 17.0. The van der Waals surface area contributed by atoms with E-state index in [0.717, 1.165) is 83.7 Å². The zero-order valence-electron chi connectivity index (χ0n) is 20.6. The highest BCUT2D eigenvalue weighted by Crippen LogP contribution is 2.34. The van der Waals surface area contributed by atoms with E-state index in [2.05, 4.69) is 64.9 Å². The van der Waals surface area contributed by atoms with Crippen LogP contribution >= 0.6 is 0 Å². The molecule has 0 saturated carbocycles. The van der Waals surface area contributed by atoms with E-state index in [4.69, 9.17) is 10.7 Å². The zero-order valence-corrected chi connectivity index (χ0v) is 20.6. The monoisotopic (exact) mass is 468 g/mol. The molecule has 0 unspecified atom stereocenters. The topological polar surface area (TPSA) is 91.1 Å². The van der Waals surface area contributed by atoms with Crippen molar-refractivity contribution in [1.82, 2.24) is 19.9 Å². The van der Waals surface area contributed by atoms with Crippen LogP contribution in [0.25, 0.3) is 33.5 Å². The van der Waals surface area contributed by atoms with Crippen molar-refractivity contribution in [1.29, 1.82) is 0 Å². The molecule has 7 nitrogen and oxygen atoms in total. The lowest BCUT2D eigenvalue weighted by atomic mass is 9.89. The fourth-order valence-corrected chi connectivity index (χ4v) is 5.13. The van der Waals surface area contributed by atoms with Crippen LogP contribution in [0.5, 0.6) is 0 Å². The van der Waals surface area contributed by atoms with Gasteiger partial charge in [-0.2, -0.15) is 0 Å². The van der Waals surface area contributed by atoms with E-state index >= 15 is 0 Å². The molecule has 0 bridgehead atoms. The van der Waals surface area contributed by atoms with E-state index in [-0.39, 0.29) is 5.91 Å². The number of hydrogen-bond acceptors (Lipinski definition) is 5. The van der Waals surface area contributed by atoms with Gasteiger partial charge in [-0.1, -0.05) is 32.0 Å². The van der Waals surface area contributed by atoms with Gasteiger partial charge in [0.2, 0.25) is 5.91 Å². The smallest absolute Gasteiger partial charge is 0.248 e. The van der Waals surface area contributed by atoms with Crippen molar-refractivity contribution < 1.29 is 4.79 Å². The summed E-state index contributed by atoms with van der Waals surface area (Å²) >= 11 is 0. The van der Waals surface area contributed by atoms with Crippen LogP contribution in [0.3, 0.4) is 0 Å². The minimum Gasteiger partial charge on any atom is -0.369 e. The summed E-state index contributed by atoms with van der Waals surface area (Å²) in [6.45, 7) is 8.42. The van der Waals surface area contributed by atoms with Gasteiger partial charge in [0, 0.05) is 54.8 Å². The first-order valence-corrected chi connectivity index (χ1v) is 12.3. The largest absolute Gasteiger partial charge is 0.369 e. The Hall–Kier alpha value is -3.71. The third-order valence-corrected chi connectivity index (χ3v) is 7.11. The Morgan fingerprint density at radius 3 is 2.34 bits per heavy atom. The molecule has 5 rings (SSSR count). The molecular formula is C28H32N6O. The van der Waals surface area contributed by atoms with Crippen molar-refractivity contribution in [3.05, 3.63) is 65.5 Å². The number of carbonyl (C=O) groups is 1. The molecule has 0 atom stereocenters. The second-order valence-electron chi connectivity index (χ2n) is 9.18. The Kier molecular flexibility index (Phi) is 6.26. The average molecular weight is 469 g/mol. The quantitative estimate of drug-likeness (QED) is 0.441. The molecule has 2 aromatic heterocycles. The summed E-state index contributed by atoms with van der Waals surface area (Å²) in [6.07, 6.45) is 5.33. The Morgan fingerprint density at radius 2 is 1.69 bits per heavy atom. The SMILES string of the molecule is CCc1c(C(N)=O)ccc(-c2c[nH]c3ncc(-c4ccc(N5CCN(C)CC5)cc4)nc23)c1CC. The van der Waals surface area contributed by atoms with Crippen molar-refractivity contribution in [2.75, 3.05) is 38.1 Å². The third kappa shape index (κ3) is 4.28. The number of aromatic amines is 1. The van der Waals surface area contributed by atoms with Crippen LogP contribution in [0.15, 0.2) is 48.8 Å². The van der Waals surface area contributed by atoms with E-state index in [1.807, 2.05) is 24.5 Å². The Labute approximate surface area is 206 Å². The van der Waals surface area contributed by atoms with Crippen LogP contribution in [-0.2, 0) is 12.8 Å². The molecule has 7 heteroatoms. The summed E-state index contributed by atoms with van der Waals surface area (Å²) in [5.41, 5.74) is 15.1. The molecule has 1 aliphatic heterocycles. The van der Waals surface area contributed by atoms with Crippen LogP contribution in [-0.4, -0.2) is 59.0 Å². The number of H-pyrrole nitrogens is 1. The molecule has 0 spiro atoms. The maximum atomic E-state index is 12.0. The van der Waals surface area contributed by atoms with E-state index in [1.54, 1.807) is 0 Å². The fourth-order valence-electron chi connectivity index (χ4n) is 5.13. The summed E-state index contributed by atoms with van der Waals surface area (Å²) in [5, 5.41) is 0. The number of nitrogens with two attached hydrogens (primary N) is 1. The van der Waals surface area contributed by atoms with Gasteiger partial charge >= 0.3 is 0 Å². The Balaban J connectivity index is 1.52. The number of piperazine rings is 1. The number of primary amides is 1. The molecule has 1 saturated heterocycles. The van der Waals surface area contributed by atoms with Gasteiger partial charge in [-0.25, -0.2) is 9.97 Å².